The first kappa shape index (κ1) is 9.78. The summed E-state index contributed by atoms with van der Waals surface area (Å²) in [7, 11) is 0. The minimum absolute atomic E-state index is 0.00978. The summed E-state index contributed by atoms with van der Waals surface area (Å²) in [6, 6.07) is 1.26. The van der Waals surface area contributed by atoms with Gasteiger partial charge in [0.25, 0.3) is 6.47 Å². The fourth-order valence-corrected chi connectivity index (χ4v) is 0.710. The van der Waals surface area contributed by atoms with Crippen LogP contribution in [0.4, 0.5) is 0 Å². The lowest BCUT2D eigenvalue weighted by Gasteiger charge is -1.88. The summed E-state index contributed by atoms with van der Waals surface area (Å²) in [4.78, 5) is 20.1. The van der Waals surface area contributed by atoms with Crippen LogP contribution in [-0.2, 0) is 9.59 Å². The number of carboxylic acids is 1. The number of aromatic nitrogens is 2. The molecule has 74 valence electrons. The van der Waals surface area contributed by atoms with Gasteiger partial charge in [0, 0.05) is 12.1 Å². The number of carbonyl (C=O) groups excluding carboxylic acids is 1. The largest absolute Gasteiger partial charge is 0.502 e. The van der Waals surface area contributed by atoms with Crippen molar-refractivity contribution in [1.82, 2.24) is 10.2 Å². The number of carboxylic acid groups (broad SMARTS) is 1. The van der Waals surface area contributed by atoms with E-state index in [9.17, 15) is 9.59 Å². The van der Waals surface area contributed by atoms with Crippen LogP contribution in [-0.4, -0.2) is 32.9 Å². The molecule has 0 bridgehead atoms. The first-order valence-corrected chi connectivity index (χ1v) is 3.43. The zero-order valence-electron chi connectivity index (χ0n) is 6.80. The standard InChI is InChI=1S/C7H6N2O5/c10-3-14-6-2-4(8-9-6)1-5(11)7(12)13/h1-3,11H,(H,8,9)(H,12,13)/b5-1-. The maximum Gasteiger partial charge on any atom is 0.371 e. The Bertz CT molecular complexity index is 381. The van der Waals surface area contributed by atoms with E-state index in [4.69, 9.17) is 10.2 Å². The number of rotatable bonds is 4. The Balaban J connectivity index is 2.82. The van der Waals surface area contributed by atoms with Gasteiger partial charge in [-0.05, 0) is 0 Å². The first-order valence-electron chi connectivity index (χ1n) is 3.43. The third kappa shape index (κ3) is 2.34. The Hall–Kier alpha value is -2.31. The second kappa shape index (κ2) is 4.08. The van der Waals surface area contributed by atoms with E-state index in [1.54, 1.807) is 0 Å². The molecule has 1 heterocycles. The van der Waals surface area contributed by atoms with Crippen molar-refractivity contribution in [2.75, 3.05) is 0 Å². The lowest BCUT2D eigenvalue weighted by molar-refractivity contribution is -0.135. The first-order chi connectivity index (χ1) is 6.63. The van der Waals surface area contributed by atoms with Gasteiger partial charge in [-0.1, -0.05) is 0 Å². The Morgan fingerprint density at radius 2 is 2.29 bits per heavy atom. The number of H-pyrrole nitrogens is 1. The quantitative estimate of drug-likeness (QED) is 0.354. The number of carbonyl (C=O) groups is 2. The molecule has 0 aliphatic rings. The number of aromatic amines is 1. The zero-order valence-corrected chi connectivity index (χ0v) is 6.80. The Labute approximate surface area is 77.6 Å². The van der Waals surface area contributed by atoms with Crippen LogP contribution in [0.2, 0.25) is 0 Å². The molecule has 0 aromatic carbocycles. The van der Waals surface area contributed by atoms with E-state index in [1.165, 1.54) is 6.07 Å². The maximum atomic E-state index is 10.2. The van der Waals surface area contributed by atoms with Crippen LogP contribution in [0.3, 0.4) is 0 Å². The number of aliphatic hydroxyl groups excluding tert-OH is 1. The summed E-state index contributed by atoms with van der Waals surface area (Å²) in [6.07, 6.45) is 0.937. The molecular formula is C7H6N2O5. The van der Waals surface area contributed by atoms with Gasteiger partial charge in [0.15, 0.2) is 0 Å². The maximum absolute atomic E-state index is 10.2. The molecule has 14 heavy (non-hydrogen) atoms. The number of ether oxygens (including phenoxy) is 1. The molecule has 7 nitrogen and oxygen atoms in total. The van der Waals surface area contributed by atoms with Gasteiger partial charge >= 0.3 is 5.97 Å². The van der Waals surface area contributed by atoms with Gasteiger partial charge in [-0.3, -0.25) is 9.89 Å². The van der Waals surface area contributed by atoms with E-state index in [-0.39, 0.29) is 18.0 Å². The fourth-order valence-electron chi connectivity index (χ4n) is 0.710. The van der Waals surface area contributed by atoms with Crippen molar-refractivity contribution in [2.24, 2.45) is 0 Å². The second-order valence-electron chi connectivity index (χ2n) is 2.21. The summed E-state index contributed by atoms with van der Waals surface area (Å²) >= 11 is 0. The lowest BCUT2D eigenvalue weighted by Crippen LogP contribution is -1.98. The topological polar surface area (TPSA) is 113 Å². The van der Waals surface area contributed by atoms with Crippen molar-refractivity contribution in [2.45, 2.75) is 0 Å². The highest BCUT2D eigenvalue weighted by molar-refractivity contribution is 5.88. The molecule has 7 heteroatoms. The summed E-state index contributed by atoms with van der Waals surface area (Å²) in [5.74, 6) is -2.31. The van der Waals surface area contributed by atoms with Crippen molar-refractivity contribution in [3.63, 3.8) is 0 Å². The number of nitrogens with one attached hydrogen (secondary N) is 1. The molecular weight excluding hydrogens is 192 g/mol. The Kier molecular flexibility index (Phi) is 2.85. The molecule has 0 radical (unpaired) electrons. The highest BCUT2D eigenvalue weighted by Gasteiger charge is 2.05. The van der Waals surface area contributed by atoms with Gasteiger partial charge in [0.05, 0.1) is 5.69 Å². The Morgan fingerprint density at radius 1 is 1.57 bits per heavy atom. The summed E-state index contributed by atoms with van der Waals surface area (Å²) in [6.45, 7) is 0.181. The highest BCUT2D eigenvalue weighted by atomic mass is 16.5. The van der Waals surface area contributed by atoms with E-state index in [0.29, 0.717) is 0 Å². The Morgan fingerprint density at radius 3 is 2.86 bits per heavy atom. The average Bonchev–Trinajstić information content (AvgIpc) is 2.53. The molecule has 1 rings (SSSR count). The van der Waals surface area contributed by atoms with E-state index in [1.807, 2.05) is 0 Å². The monoisotopic (exact) mass is 198 g/mol. The minimum atomic E-state index is -1.46. The van der Waals surface area contributed by atoms with Crippen LogP contribution in [0.15, 0.2) is 11.8 Å². The van der Waals surface area contributed by atoms with Crippen LogP contribution in [0.1, 0.15) is 5.69 Å². The van der Waals surface area contributed by atoms with Crippen molar-refractivity contribution >= 4 is 18.5 Å². The molecule has 1 aromatic heterocycles. The molecule has 0 aliphatic heterocycles. The van der Waals surface area contributed by atoms with Crippen molar-refractivity contribution < 1.29 is 24.5 Å². The van der Waals surface area contributed by atoms with E-state index < -0.39 is 11.7 Å². The molecule has 0 atom stereocenters. The smallest absolute Gasteiger partial charge is 0.371 e. The molecule has 0 spiro atoms. The molecule has 0 fully saturated rings. The summed E-state index contributed by atoms with van der Waals surface area (Å²) in [5, 5.41) is 23.0. The van der Waals surface area contributed by atoms with Gasteiger partial charge in [-0.25, -0.2) is 4.79 Å². The van der Waals surface area contributed by atoms with Crippen molar-refractivity contribution in [3.8, 4) is 5.88 Å². The molecule has 0 saturated carbocycles. The van der Waals surface area contributed by atoms with E-state index in [2.05, 4.69) is 14.9 Å². The second-order valence-corrected chi connectivity index (χ2v) is 2.21. The number of nitrogens with zero attached hydrogens (tertiary/aromatic N) is 1. The van der Waals surface area contributed by atoms with Gasteiger partial charge in [0.2, 0.25) is 11.6 Å². The number of hydrogen-bond acceptors (Lipinski definition) is 5. The fraction of sp³-hybridized carbons (Fsp3) is 0. The SMILES string of the molecule is O=COc1cc(/C=C(\O)C(=O)O)[nH]n1. The summed E-state index contributed by atoms with van der Waals surface area (Å²) in [5.41, 5.74) is 0.210. The average molecular weight is 198 g/mol. The van der Waals surface area contributed by atoms with Crippen LogP contribution < -0.4 is 4.74 Å². The predicted molar refractivity (Wildman–Crippen MR) is 43.5 cm³/mol. The van der Waals surface area contributed by atoms with Crippen molar-refractivity contribution in [3.05, 3.63) is 17.5 Å². The molecule has 0 unspecified atom stereocenters. The van der Waals surface area contributed by atoms with Crippen LogP contribution >= 0.6 is 0 Å². The van der Waals surface area contributed by atoms with Crippen molar-refractivity contribution in [1.29, 1.82) is 0 Å². The number of hydrogen-bond donors (Lipinski definition) is 3. The third-order valence-electron chi connectivity index (χ3n) is 1.25. The van der Waals surface area contributed by atoms with Gasteiger partial charge in [-0.15, -0.1) is 5.10 Å². The van der Waals surface area contributed by atoms with Gasteiger partial charge in [-0.2, -0.15) is 0 Å². The molecule has 1 aromatic rings. The van der Waals surface area contributed by atoms with Crippen LogP contribution in [0, 0.1) is 0 Å². The normalized spacial score (nSPS) is 11.0. The number of aliphatic hydroxyl groups is 1. The minimum Gasteiger partial charge on any atom is -0.502 e. The molecule has 0 aliphatic carbocycles. The highest BCUT2D eigenvalue weighted by Crippen LogP contribution is 2.09. The van der Waals surface area contributed by atoms with E-state index in [0.717, 1.165) is 6.08 Å². The molecule has 0 amide bonds. The predicted octanol–water partition coefficient (Wildman–Crippen LogP) is -0.0716. The third-order valence-corrected chi connectivity index (χ3v) is 1.25. The molecule has 3 N–H and O–H groups in total. The van der Waals surface area contributed by atoms with Gasteiger partial charge < -0.3 is 14.9 Å². The van der Waals surface area contributed by atoms with Gasteiger partial charge in [0.1, 0.15) is 0 Å². The van der Waals surface area contributed by atoms with Crippen LogP contribution in [0.25, 0.3) is 6.08 Å². The van der Waals surface area contributed by atoms with E-state index >= 15 is 0 Å². The van der Waals surface area contributed by atoms with Crippen LogP contribution in [0.5, 0.6) is 5.88 Å². The molecule has 0 saturated heterocycles. The summed E-state index contributed by atoms with van der Waals surface area (Å²) < 4.78 is 4.35. The number of aliphatic carboxylic acids is 1. The lowest BCUT2D eigenvalue weighted by atomic mass is 10.3. The zero-order chi connectivity index (χ0) is 10.6.